The van der Waals surface area contributed by atoms with Crippen molar-refractivity contribution in [3.63, 3.8) is 0 Å². The first kappa shape index (κ1) is 97.5. The highest BCUT2D eigenvalue weighted by Crippen LogP contribution is 2.45. The molecule has 0 aromatic rings. The van der Waals surface area contributed by atoms with Gasteiger partial charge in [0.05, 0.1) is 26.4 Å². The molecule has 0 fully saturated rings. The summed E-state index contributed by atoms with van der Waals surface area (Å²) in [5, 5.41) is 10.6. The average molecular weight is 1460 g/mol. The van der Waals surface area contributed by atoms with Crippen LogP contribution in [0, 0.1) is 17.8 Å². The van der Waals surface area contributed by atoms with Gasteiger partial charge < -0.3 is 33.8 Å². The highest BCUT2D eigenvalue weighted by molar-refractivity contribution is 7.47. The van der Waals surface area contributed by atoms with Gasteiger partial charge in [0.1, 0.15) is 19.3 Å². The number of phosphoric acid groups is 2. The van der Waals surface area contributed by atoms with Crippen LogP contribution in [0.2, 0.25) is 0 Å². The summed E-state index contributed by atoms with van der Waals surface area (Å²) < 4.78 is 68.6. The van der Waals surface area contributed by atoms with Crippen LogP contribution in [0.15, 0.2) is 24.3 Å². The number of aliphatic hydroxyl groups excluding tert-OH is 1. The third-order valence-corrected chi connectivity index (χ3v) is 20.2. The number of esters is 4. The molecule has 0 bridgehead atoms. The number of phosphoric ester groups is 2. The van der Waals surface area contributed by atoms with Crippen LogP contribution in [0.3, 0.4) is 0 Å². The Labute approximate surface area is 612 Å². The molecule has 0 aliphatic rings. The molecule has 0 heterocycles. The second-order valence-electron chi connectivity index (χ2n) is 29.9. The molecule has 0 saturated heterocycles. The largest absolute Gasteiger partial charge is 0.472 e. The second kappa shape index (κ2) is 70.8. The molecule has 0 radical (unpaired) electrons. The predicted octanol–water partition coefficient (Wildman–Crippen LogP) is 23.7. The van der Waals surface area contributed by atoms with Crippen LogP contribution in [0.1, 0.15) is 395 Å². The predicted molar refractivity (Wildman–Crippen MR) is 409 cm³/mol. The highest BCUT2D eigenvalue weighted by Gasteiger charge is 2.30. The monoisotopic (exact) mass is 1460 g/mol. The van der Waals surface area contributed by atoms with E-state index in [4.69, 9.17) is 37.0 Å². The van der Waals surface area contributed by atoms with Crippen molar-refractivity contribution in [2.75, 3.05) is 39.6 Å². The van der Waals surface area contributed by atoms with Crippen molar-refractivity contribution < 1.29 is 80.2 Å². The van der Waals surface area contributed by atoms with E-state index in [1.165, 1.54) is 180 Å². The maximum absolute atomic E-state index is 13.1. The minimum Gasteiger partial charge on any atom is -0.462 e. The van der Waals surface area contributed by atoms with E-state index in [2.05, 4.69) is 72.8 Å². The van der Waals surface area contributed by atoms with E-state index in [1.807, 2.05) is 0 Å². The first-order chi connectivity index (χ1) is 48.2. The van der Waals surface area contributed by atoms with Gasteiger partial charge in [0.2, 0.25) is 0 Å². The first-order valence-electron chi connectivity index (χ1n) is 41.2. The van der Waals surface area contributed by atoms with Gasteiger partial charge in [0.25, 0.3) is 0 Å². The lowest BCUT2D eigenvalue weighted by atomic mass is 10.0. The molecule has 5 atom stereocenters. The van der Waals surface area contributed by atoms with Gasteiger partial charge in [0, 0.05) is 25.7 Å². The molecule has 0 amide bonds. The van der Waals surface area contributed by atoms with E-state index in [0.29, 0.717) is 31.6 Å². The van der Waals surface area contributed by atoms with Crippen LogP contribution in [0.5, 0.6) is 0 Å². The van der Waals surface area contributed by atoms with Gasteiger partial charge in [-0.2, -0.15) is 0 Å². The summed E-state index contributed by atoms with van der Waals surface area (Å²) in [6.07, 6.45) is 62.0. The molecule has 100 heavy (non-hydrogen) atoms. The van der Waals surface area contributed by atoms with Gasteiger partial charge in [-0.3, -0.25) is 37.3 Å². The molecular formula is C81H154O17P2. The van der Waals surface area contributed by atoms with E-state index in [1.54, 1.807) is 0 Å². The molecule has 0 spiro atoms. The Morgan fingerprint density at radius 2 is 0.540 bits per heavy atom. The molecule has 3 unspecified atom stereocenters. The standard InChI is InChI=1S/C81H154O17P2/c1-8-9-10-11-12-13-14-15-20-24-29-34-41-48-55-62-78(83)91-68-76(97-80(85)64-57-50-42-35-30-25-22-19-17-16-18-21-23-27-32-38-45-52-59-72(2)3)70-95-99(87,88)93-66-75(82)67-94-100(89,90)96-71-77(69-92-79(84)63-56-49-44-37-40-47-54-61-74(6)7)98-81(86)65-58-51-43-36-31-26-28-33-39-46-53-60-73(4)5/h13-15,20,72-77,82H,8-12,16-19,21-71H2,1-7H3,(H,87,88)(H,89,90)/b14-13-,20-15-/t75?,76-,77-/m1/s1. The fourth-order valence-corrected chi connectivity index (χ4v) is 13.5. The van der Waals surface area contributed by atoms with E-state index >= 15 is 0 Å². The number of carbonyl (C=O) groups excluding carboxylic acids is 4. The average Bonchev–Trinajstić information content (AvgIpc) is 3.83. The van der Waals surface area contributed by atoms with Crippen LogP contribution in [-0.2, 0) is 65.4 Å². The van der Waals surface area contributed by atoms with Crippen LogP contribution in [0.4, 0.5) is 0 Å². The summed E-state index contributed by atoms with van der Waals surface area (Å²) in [5.41, 5.74) is 0. The summed E-state index contributed by atoms with van der Waals surface area (Å²) in [6, 6.07) is 0. The molecule has 3 N–H and O–H groups in total. The molecule has 17 nitrogen and oxygen atoms in total. The van der Waals surface area contributed by atoms with Crippen LogP contribution in [-0.4, -0.2) is 96.7 Å². The summed E-state index contributed by atoms with van der Waals surface area (Å²) >= 11 is 0. The van der Waals surface area contributed by atoms with E-state index in [0.717, 1.165) is 127 Å². The molecule has 0 aliphatic carbocycles. The van der Waals surface area contributed by atoms with Crippen molar-refractivity contribution in [3.8, 4) is 0 Å². The van der Waals surface area contributed by atoms with Crippen molar-refractivity contribution in [3.05, 3.63) is 24.3 Å². The fraction of sp³-hybridized carbons (Fsp3) is 0.901. The van der Waals surface area contributed by atoms with Gasteiger partial charge in [-0.05, 0) is 69.1 Å². The van der Waals surface area contributed by atoms with Crippen molar-refractivity contribution in [2.24, 2.45) is 17.8 Å². The summed E-state index contributed by atoms with van der Waals surface area (Å²) in [5.74, 6) is 0.143. The molecule has 0 aliphatic heterocycles. The second-order valence-corrected chi connectivity index (χ2v) is 32.8. The van der Waals surface area contributed by atoms with Gasteiger partial charge in [0.15, 0.2) is 12.2 Å². The SMILES string of the molecule is CCCCCC/C=C\C=C/CCCCCCCC(=O)OC[C@H](COP(=O)(O)OCC(O)COP(=O)(O)OC[C@@H](COC(=O)CCCCCCCCCC(C)C)OC(=O)CCCCCCCCCCCCCC(C)C)OC(=O)CCCCCCCCCCCCCCCCCCCCC(C)C. The fourth-order valence-electron chi connectivity index (χ4n) is 11.9. The number of rotatable bonds is 77. The van der Waals surface area contributed by atoms with Crippen molar-refractivity contribution in [1.29, 1.82) is 0 Å². The smallest absolute Gasteiger partial charge is 0.462 e. The Morgan fingerprint density at radius 3 is 0.810 bits per heavy atom. The number of carbonyl (C=O) groups is 4. The van der Waals surface area contributed by atoms with E-state index < -0.39 is 97.5 Å². The number of unbranched alkanes of at least 4 members (excludes halogenated alkanes) is 42. The minimum absolute atomic E-state index is 0.101. The lowest BCUT2D eigenvalue weighted by Gasteiger charge is -2.21. The Morgan fingerprint density at radius 1 is 0.310 bits per heavy atom. The maximum Gasteiger partial charge on any atom is 0.472 e. The zero-order valence-electron chi connectivity index (χ0n) is 65.2. The molecule has 0 aromatic heterocycles. The van der Waals surface area contributed by atoms with Gasteiger partial charge in [-0.1, -0.05) is 342 Å². The lowest BCUT2D eigenvalue weighted by Crippen LogP contribution is -2.30. The Hall–Kier alpha value is -2.46. The van der Waals surface area contributed by atoms with Gasteiger partial charge >= 0.3 is 39.5 Å². The van der Waals surface area contributed by atoms with Crippen LogP contribution in [0.25, 0.3) is 0 Å². The Kier molecular flexibility index (Phi) is 69.1. The van der Waals surface area contributed by atoms with E-state index in [-0.39, 0.29) is 25.7 Å². The Balaban J connectivity index is 5.26. The molecular weight excluding hydrogens is 1310 g/mol. The quantitative estimate of drug-likeness (QED) is 0.0169. The van der Waals surface area contributed by atoms with Crippen molar-refractivity contribution in [2.45, 2.75) is 414 Å². The third-order valence-electron chi connectivity index (χ3n) is 18.3. The van der Waals surface area contributed by atoms with Crippen LogP contribution < -0.4 is 0 Å². The molecule has 0 saturated carbocycles. The molecule has 590 valence electrons. The molecule has 0 aromatic carbocycles. The number of hydrogen-bond acceptors (Lipinski definition) is 15. The van der Waals surface area contributed by atoms with E-state index in [9.17, 15) is 43.2 Å². The van der Waals surface area contributed by atoms with Crippen LogP contribution >= 0.6 is 15.6 Å². The number of ether oxygens (including phenoxy) is 4. The highest BCUT2D eigenvalue weighted by atomic mass is 31.2. The number of aliphatic hydroxyl groups is 1. The summed E-state index contributed by atoms with van der Waals surface area (Å²) in [7, 11) is -9.93. The number of hydrogen-bond donors (Lipinski definition) is 3. The summed E-state index contributed by atoms with van der Waals surface area (Å²) in [6.45, 7) is 11.8. The minimum atomic E-state index is -4.97. The first-order valence-corrected chi connectivity index (χ1v) is 44.2. The summed E-state index contributed by atoms with van der Waals surface area (Å²) in [4.78, 5) is 73.0. The lowest BCUT2D eigenvalue weighted by molar-refractivity contribution is -0.161. The molecule has 19 heteroatoms. The normalized spacial score (nSPS) is 14.1. The zero-order valence-corrected chi connectivity index (χ0v) is 66.9. The topological polar surface area (TPSA) is 237 Å². The molecule has 0 rings (SSSR count). The number of allylic oxidation sites excluding steroid dienone is 4. The zero-order chi connectivity index (χ0) is 73.7. The van der Waals surface area contributed by atoms with Gasteiger partial charge in [-0.15, -0.1) is 0 Å². The Bertz CT molecular complexity index is 2030. The van der Waals surface area contributed by atoms with Gasteiger partial charge in [-0.25, -0.2) is 9.13 Å². The third kappa shape index (κ3) is 73.8. The maximum atomic E-state index is 13.1. The van der Waals surface area contributed by atoms with Crippen molar-refractivity contribution in [1.82, 2.24) is 0 Å². The van der Waals surface area contributed by atoms with Crippen molar-refractivity contribution >= 4 is 39.5 Å².